The van der Waals surface area contributed by atoms with Gasteiger partial charge in [0.1, 0.15) is 5.82 Å². The molecule has 1 saturated heterocycles. The van der Waals surface area contributed by atoms with Gasteiger partial charge in [0.05, 0.1) is 0 Å². The molecular formula is C11H18N4. The smallest absolute Gasteiger partial charge is 0.148 e. The minimum Gasteiger partial charge on any atom is -0.365 e. The standard InChI is InChI=1S/C11H18N4/c1-11(3-4-11)9-6-10(15-14-9)13-8-2-5-12-7-8/h6,8,12H,2-5,7H2,1H3,(H2,13,14,15). The number of H-pyrrole nitrogens is 1. The van der Waals surface area contributed by atoms with Crippen molar-refractivity contribution in [2.24, 2.45) is 0 Å². The fourth-order valence-corrected chi connectivity index (χ4v) is 2.15. The average molecular weight is 206 g/mol. The lowest BCUT2D eigenvalue weighted by Crippen LogP contribution is -2.22. The van der Waals surface area contributed by atoms with Gasteiger partial charge in [-0.15, -0.1) is 0 Å². The van der Waals surface area contributed by atoms with E-state index in [0.717, 1.165) is 18.9 Å². The SMILES string of the molecule is CC1(c2cc(NC3CCNC3)n[nH]2)CC1. The summed E-state index contributed by atoms with van der Waals surface area (Å²) in [6, 6.07) is 2.72. The largest absolute Gasteiger partial charge is 0.365 e. The third-order valence-corrected chi connectivity index (χ3v) is 3.64. The van der Waals surface area contributed by atoms with Crippen LogP contribution >= 0.6 is 0 Å². The zero-order valence-electron chi connectivity index (χ0n) is 9.14. The van der Waals surface area contributed by atoms with Crippen molar-refractivity contribution in [2.75, 3.05) is 18.4 Å². The molecule has 1 saturated carbocycles. The van der Waals surface area contributed by atoms with E-state index >= 15 is 0 Å². The molecule has 1 aliphatic heterocycles. The van der Waals surface area contributed by atoms with Crippen LogP contribution in [0.25, 0.3) is 0 Å². The molecule has 1 aliphatic carbocycles. The van der Waals surface area contributed by atoms with Crippen molar-refractivity contribution in [1.82, 2.24) is 15.5 Å². The topological polar surface area (TPSA) is 52.7 Å². The molecular weight excluding hydrogens is 188 g/mol. The summed E-state index contributed by atoms with van der Waals surface area (Å²) in [5, 5.41) is 14.3. The van der Waals surface area contributed by atoms with Gasteiger partial charge in [-0.25, -0.2) is 0 Å². The molecule has 3 N–H and O–H groups in total. The first kappa shape index (κ1) is 9.21. The van der Waals surface area contributed by atoms with Crippen molar-refractivity contribution >= 4 is 5.82 Å². The van der Waals surface area contributed by atoms with Crippen LogP contribution in [0.5, 0.6) is 0 Å². The van der Waals surface area contributed by atoms with Gasteiger partial charge >= 0.3 is 0 Å². The highest BCUT2D eigenvalue weighted by Crippen LogP contribution is 2.47. The van der Waals surface area contributed by atoms with Crippen molar-refractivity contribution < 1.29 is 0 Å². The summed E-state index contributed by atoms with van der Waals surface area (Å²) in [5.41, 5.74) is 1.68. The predicted octanol–water partition coefficient (Wildman–Crippen LogP) is 1.23. The first-order chi connectivity index (χ1) is 7.26. The maximum absolute atomic E-state index is 4.32. The van der Waals surface area contributed by atoms with Gasteiger partial charge in [0, 0.05) is 29.8 Å². The number of anilines is 1. The molecule has 0 spiro atoms. The monoisotopic (exact) mass is 206 g/mol. The fourth-order valence-electron chi connectivity index (χ4n) is 2.15. The van der Waals surface area contributed by atoms with Gasteiger partial charge in [-0.05, 0) is 25.8 Å². The number of hydrogen-bond acceptors (Lipinski definition) is 3. The summed E-state index contributed by atoms with van der Waals surface area (Å²) in [4.78, 5) is 0. The number of aromatic amines is 1. The van der Waals surface area contributed by atoms with Gasteiger partial charge in [-0.3, -0.25) is 5.10 Å². The third kappa shape index (κ3) is 1.74. The van der Waals surface area contributed by atoms with Crippen LogP contribution in [0.1, 0.15) is 31.9 Å². The normalized spacial score (nSPS) is 27.9. The molecule has 2 aliphatic rings. The molecule has 1 atom stereocenters. The molecule has 0 aromatic carbocycles. The van der Waals surface area contributed by atoms with Crippen molar-refractivity contribution in [2.45, 2.75) is 37.6 Å². The summed E-state index contributed by atoms with van der Waals surface area (Å²) >= 11 is 0. The fraction of sp³-hybridized carbons (Fsp3) is 0.727. The lowest BCUT2D eigenvalue weighted by molar-refractivity contribution is 0.742. The summed E-state index contributed by atoms with van der Waals surface area (Å²) in [7, 11) is 0. The number of rotatable bonds is 3. The van der Waals surface area contributed by atoms with E-state index in [1.807, 2.05) is 0 Å². The van der Waals surface area contributed by atoms with Crippen LogP contribution in [0.4, 0.5) is 5.82 Å². The molecule has 0 amide bonds. The third-order valence-electron chi connectivity index (χ3n) is 3.64. The lowest BCUT2D eigenvalue weighted by Gasteiger charge is -2.08. The summed E-state index contributed by atoms with van der Waals surface area (Å²) < 4.78 is 0. The Morgan fingerprint density at radius 1 is 1.53 bits per heavy atom. The van der Waals surface area contributed by atoms with E-state index in [4.69, 9.17) is 0 Å². The lowest BCUT2D eigenvalue weighted by atomic mass is 10.1. The average Bonchev–Trinajstić information content (AvgIpc) is 2.75. The highest BCUT2D eigenvalue weighted by molar-refractivity contribution is 5.40. The molecule has 4 heteroatoms. The molecule has 15 heavy (non-hydrogen) atoms. The van der Waals surface area contributed by atoms with E-state index in [9.17, 15) is 0 Å². The highest BCUT2D eigenvalue weighted by Gasteiger charge is 2.40. The van der Waals surface area contributed by atoms with Crippen LogP contribution in [0.2, 0.25) is 0 Å². The van der Waals surface area contributed by atoms with Gasteiger partial charge in [0.15, 0.2) is 0 Å². The molecule has 3 rings (SSSR count). The number of aromatic nitrogens is 2. The van der Waals surface area contributed by atoms with Crippen molar-refractivity contribution in [3.05, 3.63) is 11.8 Å². The summed E-state index contributed by atoms with van der Waals surface area (Å²) in [6.45, 7) is 4.47. The summed E-state index contributed by atoms with van der Waals surface area (Å²) in [6.07, 6.45) is 3.78. The zero-order valence-corrected chi connectivity index (χ0v) is 9.14. The first-order valence-corrected chi connectivity index (χ1v) is 5.79. The Hall–Kier alpha value is -1.03. The van der Waals surface area contributed by atoms with Gasteiger partial charge in [0.2, 0.25) is 0 Å². The van der Waals surface area contributed by atoms with Crippen LogP contribution in [0.15, 0.2) is 6.07 Å². The number of hydrogen-bond donors (Lipinski definition) is 3. The van der Waals surface area contributed by atoms with E-state index < -0.39 is 0 Å². The van der Waals surface area contributed by atoms with E-state index in [1.165, 1.54) is 25.0 Å². The van der Waals surface area contributed by atoms with Gasteiger partial charge < -0.3 is 10.6 Å². The molecule has 4 nitrogen and oxygen atoms in total. The minimum atomic E-state index is 0.390. The molecule has 1 unspecified atom stereocenters. The van der Waals surface area contributed by atoms with Gasteiger partial charge in [-0.2, -0.15) is 5.10 Å². The zero-order chi connectivity index (χ0) is 10.3. The Morgan fingerprint density at radius 3 is 3.07 bits per heavy atom. The van der Waals surface area contributed by atoms with E-state index in [2.05, 4.69) is 33.8 Å². The Bertz CT molecular complexity index is 347. The van der Waals surface area contributed by atoms with Crippen LogP contribution in [0, 0.1) is 0 Å². The predicted molar refractivity (Wildman–Crippen MR) is 60.1 cm³/mol. The van der Waals surface area contributed by atoms with Crippen LogP contribution in [0.3, 0.4) is 0 Å². The summed E-state index contributed by atoms with van der Waals surface area (Å²) in [5.74, 6) is 1.01. The minimum absolute atomic E-state index is 0.390. The Balaban J connectivity index is 1.68. The van der Waals surface area contributed by atoms with Crippen molar-refractivity contribution in [3.8, 4) is 0 Å². The molecule has 2 heterocycles. The maximum Gasteiger partial charge on any atom is 0.148 e. The van der Waals surface area contributed by atoms with Crippen molar-refractivity contribution in [1.29, 1.82) is 0 Å². The second kappa shape index (κ2) is 3.23. The van der Waals surface area contributed by atoms with Gasteiger partial charge in [-0.1, -0.05) is 6.92 Å². The van der Waals surface area contributed by atoms with E-state index in [-0.39, 0.29) is 0 Å². The number of nitrogens with zero attached hydrogens (tertiary/aromatic N) is 1. The number of nitrogens with one attached hydrogen (secondary N) is 3. The van der Waals surface area contributed by atoms with Crippen LogP contribution < -0.4 is 10.6 Å². The Kier molecular flexibility index (Phi) is 1.99. The molecule has 0 bridgehead atoms. The van der Waals surface area contributed by atoms with Crippen LogP contribution in [-0.4, -0.2) is 29.3 Å². The first-order valence-electron chi connectivity index (χ1n) is 5.79. The molecule has 0 radical (unpaired) electrons. The second-order valence-electron chi connectivity index (χ2n) is 5.06. The second-order valence-corrected chi connectivity index (χ2v) is 5.06. The molecule has 1 aromatic heterocycles. The molecule has 82 valence electrons. The molecule has 1 aromatic rings. The van der Waals surface area contributed by atoms with E-state index in [1.54, 1.807) is 0 Å². The molecule has 2 fully saturated rings. The van der Waals surface area contributed by atoms with E-state index in [0.29, 0.717) is 11.5 Å². The van der Waals surface area contributed by atoms with Crippen molar-refractivity contribution in [3.63, 3.8) is 0 Å². The Labute approximate surface area is 89.8 Å². The quantitative estimate of drug-likeness (QED) is 0.697. The van der Waals surface area contributed by atoms with Gasteiger partial charge in [0.25, 0.3) is 0 Å². The maximum atomic E-state index is 4.32. The highest BCUT2D eigenvalue weighted by atomic mass is 15.2. The van der Waals surface area contributed by atoms with Crippen LogP contribution in [-0.2, 0) is 5.41 Å². The Morgan fingerprint density at radius 2 is 2.40 bits per heavy atom.